The van der Waals surface area contributed by atoms with Gasteiger partial charge in [-0.15, -0.1) is 0 Å². The molecule has 25 heavy (non-hydrogen) atoms. The zero-order chi connectivity index (χ0) is 17.7. The zero-order valence-corrected chi connectivity index (χ0v) is 14.9. The summed E-state index contributed by atoms with van der Waals surface area (Å²) in [4.78, 5) is 0. The summed E-state index contributed by atoms with van der Waals surface area (Å²) < 4.78 is 16.3. The van der Waals surface area contributed by atoms with E-state index in [1.165, 1.54) is 0 Å². The van der Waals surface area contributed by atoms with Crippen molar-refractivity contribution in [2.75, 3.05) is 20.3 Å². The number of aliphatic hydroxyl groups is 1. The summed E-state index contributed by atoms with van der Waals surface area (Å²) in [7, 11) is 1.66. The number of ether oxygens (including phenoxy) is 3. The molecule has 0 saturated heterocycles. The van der Waals surface area contributed by atoms with Gasteiger partial charge in [0.05, 0.1) is 33.0 Å². The summed E-state index contributed by atoms with van der Waals surface area (Å²) in [6.07, 6.45) is 2.19. The topological polar surface area (TPSA) is 47.9 Å². The van der Waals surface area contributed by atoms with Crippen LogP contribution in [0, 0.1) is 0 Å². The highest BCUT2D eigenvalue weighted by molar-refractivity contribution is 5.26. The number of hydrogen-bond acceptors (Lipinski definition) is 4. The van der Waals surface area contributed by atoms with Gasteiger partial charge in [0, 0.05) is 6.61 Å². The van der Waals surface area contributed by atoms with Crippen molar-refractivity contribution in [1.82, 2.24) is 0 Å². The van der Waals surface area contributed by atoms with Gasteiger partial charge in [-0.3, -0.25) is 0 Å². The fraction of sp³-hybridized carbons (Fsp3) is 0.429. The van der Waals surface area contributed by atoms with Crippen LogP contribution >= 0.6 is 0 Å². The van der Waals surface area contributed by atoms with E-state index in [4.69, 9.17) is 14.2 Å². The van der Waals surface area contributed by atoms with Gasteiger partial charge < -0.3 is 19.3 Å². The Morgan fingerprint density at radius 1 is 0.840 bits per heavy atom. The van der Waals surface area contributed by atoms with E-state index in [0.29, 0.717) is 26.4 Å². The lowest BCUT2D eigenvalue weighted by Crippen LogP contribution is -2.15. The van der Waals surface area contributed by atoms with Gasteiger partial charge in [-0.25, -0.2) is 0 Å². The van der Waals surface area contributed by atoms with E-state index in [0.717, 1.165) is 36.1 Å². The second-order valence-corrected chi connectivity index (χ2v) is 6.05. The molecule has 0 fully saturated rings. The summed E-state index contributed by atoms with van der Waals surface area (Å²) in [5.41, 5.74) is 2.26. The molecule has 0 bridgehead atoms. The first-order valence-corrected chi connectivity index (χ1v) is 8.78. The smallest absolute Gasteiger partial charge is 0.118 e. The molecule has 4 nitrogen and oxygen atoms in total. The monoisotopic (exact) mass is 344 g/mol. The van der Waals surface area contributed by atoms with Crippen LogP contribution in [0.5, 0.6) is 5.75 Å². The zero-order valence-electron chi connectivity index (χ0n) is 14.9. The molecule has 2 rings (SSSR count). The molecule has 0 unspecified atom stereocenters. The molecular weight excluding hydrogens is 316 g/mol. The number of rotatable bonds is 12. The maximum atomic E-state index is 9.93. The Kier molecular flexibility index (Phi) is 9.05. The largest absolute Gasteiger partial charge is 0.497 e. The Labute approximate surface area is 150 Å². The molecule has 1 atom stereocenters. The molecule has 136 valence electrons. The Bertz CT molecular complexity index is 568. The first kappa shape index (κ1) is 19.4. The van der Waals surface area contributed by atoms with E-state index < -0.39 is 6.10 Å². The summed E-state index contributed by atoms with van der Waals surface area (Å²) in [5, 5.41) is 9.93. The first-order chi connectivity index (χ1) is 12.3. The van der Waals surface area contributed by atoms with Crippen LogP contribution in [-0.2, 0) is 22.7 Å². The third kappa shape index (κ3) is 8.16. The number of benzene rings is 2. The Balaban J connectivity index is 1.46. The Morgan fingerprint density at radius 2 is 1.52 bits per heavy atom. The standard InChI is InChI=1S/C21H28O4/c1-23-21-12-10-19(11-13-21)15-24-14-6-5-9-20(22)17-25-16-18-7-3-2-4-8-18/h2-4,7-8,10-13,20,22H,5-6,9,14-17H2,1H3/t20-/m1/s1. The highest BCUT2D eigenvalue weighted by Crippen LogP contribution is 2.12. The molecule has 0 amide bonds. The molecule has 2 aromatic rings. The minimum absolute atomic E-state index is 0.377. The van der Waals surface area contributed by atoms with Crippen molar-refractivity contribution in [3.05, 3.63) is 65.7 Å². The van der Waals surface area contributed by atoms with Crippen LogP contribution in [0.15, 0.2) is 54.6 Å². The van der Waals surface area contributed by atoms with Crippen molar-refractivity contribution in [2.45, 2.75) is 38.6 Å². The molecule has 0 spiro atoms. The molecule has 0 aliphatic carbocycles. The van der Waals surface area contributed by atoms with Crippen molar-refractivity contribution in [3.63, 3.8) is 0 Å². The fourth-order valence-corrected chi connectivity index (χ4v) is 2.47. The van der Waals surface area contributed by atoms with Crippen LogP contribution < -0.4 is 4.74 Å². The predicted octanol–water partition coefficient (Wildman–Crippen LogP) is 3.96. The molecule has 0 aliphatic rings. The highest BCUT2D eigenvalue weighted by Gasteiger charge is 2.04. The SMILES string of the molecule is COc1ccc(COCCCC[C@@H](O)COCc2ccccc2)cc1. The number of hydrogen-bond donors (Lipinski definition) is 1. The number of methoxy groups -OCH3 is 1. The highest BCUT2D eigenvalue weighted by atomic mass is 16.5. The Morgan fingerprint density at radius 3 is 2.24 bits per heavy atom. The molecule has 0 saturated carbocycles. The van der Waals surface area contributed by atoms with Gasteiger partial charge in [0.1, 0.15) is 5.75 Å². The minimum Gasteiger partial charge on any atom is -0.497 e. The van der Waals surface area contributed by atoms with E-state index in [1.54, 1.807) is 7.11 Å². The molecule has 1 N–H and O–H groups in total. The predicted molar refractivity (Wildman–Crippen MR) is 98.6 cm³/mol. The van der Waals surface area contributed by atoms with Gasteiger partial charge in [-0.1, -0.05) is 42.5 Å². The molecular formula is C21H28O4. The maximum Gasteiger partial charge on any atom is 0.118 e. The van der Waals surface area contributed by atoms with Gasteiger partial charge in [0.15, 0.2) is 0 Å². The number of unbranched alkanes of at least 4 members (excludes halogenated alkanes) is 1. The van der Waals surface area contributed by atoms with Gasteiger partial charge in [0.2, 0.25) is 0 Å². The van der Waals surface area contributed by atoms with Crippen LogP contribution in [0.2, 0.25) is 0 Å². The molecule has 4 heteroatoms. The van der Waals surface area contributed by atoms with Crippen LogP contribution in [0.25, 0.3) is 0 Å². The molecule has 0 aliphatic heterocycles. The van der Waals surface area contributed by atoms with Gasteiger partial charge in [-0.05, 0) is 42.5 Å². The lowest BCUT2D eigenvalue weighted by atomic mass is 10.1. The second kappa shape index (κ2) is 11.6. The fourth-order valence-electron chi connectivity index (χ4n) is 2.47. The summed E-state index contributed by atoms with van der Waals surface area (Å²) in [5.74, 6) is 0.854. The van der Waals surface area contributed by atoms with Crippen LogP contribution in [0.3, 0.4) is 0 Å². The van der Waals surface area contributed by atoms with E-state index in [-0.39, 0.29) is 0 Å². The van der Waals surface area contributed by atoms with Gasteiger partial charge in [-0.2, -0.15) is 0 Å². The summed E-state index contributed by atoms with van der Waals surface area (Å²) in [6.45, 7) is 2.22. The van der Waals surface area contributed by atoms with Crippen LogP contribution in [-0.4, -0.2) is 31.5 Å². The van der Waals surface area contributed by atoms with Gasteiger partial charge >= 0.3 is 0 Å². The van der Waals surface area contributed by atoms with Crippen molar-refractivity contribution in [2.24, 2.45) is 0 Å². The van der Waals surface area contributed by atoms with Crippen molar-refractivity contribution in [3.8, 4) is 5.75 Å². The van der Waals surface area contributed by atoms with E-state index >= 15 is 0 Å². The first-order valence-electron chi connectivity index (χ1n) is 8.78. The quantitative estimate of drug-likeness (QED) is 0.592. The van der Waals surface area contributed by atoms with Crippen LogP contribution in [0.1, 0.15) is 30.4 Å². The second-order valence-electron chi connectivity index (χ2n) is 6.05. The molecule has 2 aromatic carbocycles. The lowest BCUT2D eigenvalue weighted by Gasteiger charge is -2.11. The van der Waals surface area contributed by atoms with Crippen molar-refractivity contribution >= 4 is 0 Å². The van der Waals surface area contributed by atoms with E-state index in [9.17, 15) is 5.11 Å². The molecule has 0 radical (unpaired) electrons. The Hall–Kier alpha value is -1.88. The van der Waals surface area contributed by atoms with Crippen LogP contribution in [0.4, 0.5) is 0 Å². The van der Waals surface area contributed by atoms with E-state index in [2.05, 4.69) is 0 Å². The summed E-state index contributed by atoms with van der Waals surface area (Å²) in [6, 6.07) is 17.9. The average Bonchev–Trinajstić information content (AvgIpc) is 2.66. The third-order valence-electron chi connectivity index (χ3n) is 3.93. The minimum atomic E-state index is -0.412. The molecule has 0 aromatic heterocycles. The normalized spacial score (nSPS) is 12.1. The maximum absolute atomic E-state index is 9.93. The van der Waals surface area contributed by atoms with E-state index in [1.807, 2.05) is 54.6 Å². The van der Waals surface area contributed by atoms with Crippen molar-refractivity contribution in [1.29, 1.82) is 0 Å². The number of aliphatic hydroxyl groups excluding tert-OH is 1. The average molecular weight is 344 g/mol. The summed E-state index contributed by atoms with van der Waals surface area (Å²) >= 11 is 0. The third-order valence-corrected chi connectivity index (χ3v) is 3.93. The molecule has 0 heterocycles. The lowest BCUT2D eigenvalue weighted by molar-refractivity contribution is 0.0219. The van der Waals surface area contributed by atoms with Crippen molar-refractivity contribution < 1.29 is 19.3 Å². The van der Waals surface area contributed by atoms with Gasteiger partial charge in [0.25, 0.3) is 0 Å².